The van der Waals surface area contributed by atoms with Crippen LogP contribution >= 0.6 is 0 Å². The van der Waals surface area contributed by atoms with Gasteiger partial charge in [0, 0.05) is 17.7 Å². The second kappa shape index (κ2) is 7.86. The molecule has 150 valence electrons. The van der Waals surface area contributed by atoms with E-state index >= 15 is 0 Å². The molecule has 2 aliphatic rings. The van der Waals surface area contributed by atoms with E-state index in [0.29, 0.717) is 5.56 Å². The molecule has 29 heavy (non-hydrogen) atoms. The minimum atomic E-state index is -0.953. The zero-order chi connectivity index (χ0) is 20.4. The van der Waals surface area contributed by atoms with Crippen LogP contribution in [0.15, 0.2) is 42.5 Å². The second-order valence-electron chi connectivity index (χ2n) is 7.13. The van der Waals surface area contributed by atoms with Crippen LogP contribution in [0.2, 0.25) is 0 Å². The highest BCUT2D eigenvalue weighted by Crippen LogP contribution is 2.38. The van der Waals surface area contributed by atoms with Gasteiger partial charge in [0.1, 0.15) is 6.54 Å². The summed E-state index contributed by atoms with van der Waals surface area (Å²) >= 11 is 0. The molecule has 1 aliphatic carbocycles. The van der Waals surface area contributed by atoms with Gasteiger partial charge in [-0.1, -0.05) is 43.2 Å². The van der Waals surface area contributed by atoms with Crippen molar-refractivity contribution in [1.82, 2.24) is 10.3 Å². The van der Waals surface area contributed by atoms with E-state index in [9.17, 15) is 19.7 Å². The fourth-order valence-electron chi connectivity index (χ4n) is 3.71. The number of amides is 2. The highest BCUT2D eigenvalue weighted by Gasteiger charge is 2.41. The van der Waals surface area contributed by atoms with E-state index in [4.69, 9.17) is 4.74 Å². The van der Waals surface area contributed by atoms with Gasteiger partial charge in [0.2, 0.25) is 12.0 Å². The standard InChI is InChI=1S/C20H20N4O5/c25-17(21-14-8-4-5-9-14)12-23-19-15(10-11-16(22-19)24(27)28)29-18(20(23)26)13-6-2-1-3-7-13/h1-3,6-7,10-11,14,18H,4-5,8-9,12H2,(H,21,25). The number of rotatable bonds is 5. The Morgan fingerprint density at radius 3 is 2.62 bits per heavy atom. The number of carbonyl (C=O) groups excluding carboxylic acids is 2. The Balaban J connectivity index is 1.66. The first-order chi connectivity index (χ1) is 14.0. The van der Waals surface area contributed by atoms with Crippen molar-refractivity contribution in [1.29, 1.82) is 0 Å². The molecule has 1 atom stereocenters. The summed E-state index contributed by atoms with van der Waals surface area (Å²) in [5.74, 6) is -1.02. The summed E-state index contributed by atoms with van der Waals surface area (Å²) < 4.78 is 5.80. The Hall–Kier alpha value is -3.49. The van der Waals surface area contributed by atoms with E-state index in [0.717, 1.165) is 25.7 Å². The van der Waals surface area contributed by atoms with E-state index in [1.54, 1.807) is 24.3 Å². The SMILES string of the molecule is O=C(CN1C(=O)C(c2ccccc2)Oc2ccc([N+](=O)[O-])nc21)NC1CCCC1. The molecule has 1 aromatic heterocycles. The molecular formula is C20H20N4O5. The minimum Gasteiger partial charge on any atom is -0.469 e. The minimum absolute atomic E-state index is 0.0158. The maximum absolute atomic E-state index is 13.2. The first-order valence-electron chi connectivity index (χ1n) is 9.50. The van der Waals surface area contributed by atoms with Crippen LogP contribution < -0.4 is 15.0 Å². The van der Waals surface area contributed by atoms with Crippen LogP contribution in [0.25, 0.3) is 0 Å². The maximum atomic E-state index is 13.2. The van der Waals surface area contributed by atoms with Gasteiger partial charge in [0.05, 0.1) is 0 Å². The molecule has 2 aromatic rings. The van der Waals surface area contributed by atoms with E-state index in [-0.39, 0.29) is 30.1 Å². The number of nitrogens with zero attached hydrogens (tertiary/aromatic N) is 3. The molecule has 1 unspecified atom stereocenters. The smallest absolute Gasteiger partial charge is 0.366 e. The Kier molecular flexibility index (Phi) is 5.11. The van der Waals surface area contributed by atoms with E-state index < -0.39 is 22.8 Å². The lowest BCUT2D eigenvalue weighted by atomic mass is 10.1. The van der Waals surface area contributed by atoms with Crippen LogP contribution in [-0.2, 0) is 9.59 Å². The average molecular weight is 396 g/mol. The number of nitro groups is 1. The highest BCUT2D eigenvalue weighted by atomic mass is 16.6. The van der Waals surface area contributed by atoms with Gasteiger partial charge in [-0.05, 0) is 28.8 Å². The molecule has 1 aromatic carbocycles. The van der Waals surface area contributed by atoms with Gasteiger partial charge in [0.15, 0.2) is 5.75 Å². The molecule has 0 spiro atoms. The zero-order valence-corrected chi connectivity index (χ0v) is 15.6. The lowest BCUT2D eigenvalue weighted by molar-refractivity contribution is -0.389. The zero-order valence-electron chi connectivity index (χ0n) is 15.6. The molecule has 1 saturated carbocycles. The summed E-state index contributed by atoms with van der Waals surface area (Å²) in [5, 5.41) is 14.1. The average Bonchev–Trinajstić information content (AvgIpc) is 3.23. The van der Waals surface area contributed by atoms with Crippen molar-refractivity contribution < 1.29 is 19.2 Å². The molecule has 1 N–H and O–H groups in total. The van der Waals surface area contributed by atoms with Gasteiger partial charge < -0.3 is 20.2 Å². The van der Waals surface area contributed by atoms with Gasteiger partial charge in [-0.25, -0.2) is 0 Å². The number of benzene rings is 1. The number of carbonyl (C=O) groups is 2. The van der Waals surface area contributed by atoms with Crippen LogP contribution in [0, 0.1) is 10.1 Å². The lowest BCUT2D eigenvalue weighted by Crippen LogP contribution is -2.48. The number of aromatic nitrogens is 1. The van der Waals surface area contributed by atoms with Crippen molar-refractivity contribution >= 4 is 23.5 Å². The normalized spacial score (nSPS) is 18.8. The second-order valence-corrected chi connectivity index (χ2v) is 7.13. The monoisotopic (exact) mass is 396 g/mol. The van der Waals surface area contributed by atoms with Crippen molar-refractivity contribution in [3.8, 4) is 5.75 Å². The number of anilines is 1. The molecule has 0 saturated heterocycles. The molecular weight excluding hydrogens is 376 g/mol. The van der Waals surface area contributed by atoms with E-state index in [1.165, 1.54) is 17.0 Å². The third kappa shape index (κ3) is 3.89. The topological polar surface area (TPSA) is 115 Å². The quantitative estimate of drug-likeness (QED) is 0.613. The van der Waals surface area contributed by atoms with Crippen molar-refractivity contribution in [2.75, 3.05) is 11.4 Å². The molecule has 9 nitrogen and oxygen atoms in total. The van der Waals surface area contributed by atoms with Crippen LogP contribution in [0.3, 0.4) is 0 Å². The van der Waals surface area contributed by atoms with Crippen LogP contribution in [0.5, 0.6) is 5.75 Å². The predicted molar refractivity (Wildman–Crippen MR) is 103 cm³/mol. The van der Waals surface area contributed by atoms with E-state index in [2.05, 4.69) is 10.3 Å². The Morgan fingerprint density at radius 2 is 1.93 bits per heavy atom. The van der Waals surface area contributed by atoms with Crippen molar-refractivity contribution in [2.24, 2.45) is 0 Å². The Bertz CT molecular complexity index is 943. The maximum Gasteiger partial charge on any atom is 0.366 e. The number of nitrogens with one attached hydrogen (secondary N) is 1. The predicted octanol–water partition coefficient (Wildman–Crippen LogP) is 2.52. The van der Waals surface area contributed by atoms with Gasteiger partial charge in [-0.3, -0.25) is 14.5 Å². The van der Waals surface area contributed by atoms with Gasteiger partial charge in [-0.15, -0.1) is 0 Å². The van der Waals surface area contributed by atoms with Crippen molar-refractivity contribution in [2.45, 2.75) is 37.8 Å². The summed E-state index contributed by atoms with van der Waals surface area (Å²) in [4.78, 5) is 41.3. The first kappa shape index (κ1) is 18.9. The summed E-state index contributed by atoms with van der Waals surface area (Å²) in [7, 11) is 0. The number of hydrogen-bond acceptors (Lipinski definition) is 6. The fourth-order valence-corrected chi connectivity index (χ4v) is 3.71. The molecule has 1 aliphatic heterocycles. The first-order valence-corrected chi connectivity index (χ1v) is 9.50. The molecule has 2 heterocycles. The Labute approximate surface area is 166 Å². The highest BCUT2D eigenvalue weighted by molar-refractivity contribution is 6.03. The third-order valence-corrected chi connectivity index (χ3v) is 5.13. The number of ether oxygens (including phenoxy) is 1. The third-order valence-electron chi connectivity index (χ3n) is 5.13. The largest absolute Gasteiger partial charge is 0.469 e. The molecule has 2 amide bonds. The number of pyridine rings is 1. The van der Waals surface area contributed by atoms with Crippen LogP contribution in [0.4, 0.5) is 11.6 Å². The lowest BCUT2D eigenvalue weighted by Gasteiger charge is -2.31. The van der Waals surface area contributed by atoms with Crippen molar-refractivity contribution in [3.05, 3.63) is 58.1 Å². The summed E-state index contributed by atoms with van der Waals surface area (Å²) in [6, 6.07) is 11.6. The molecule has 1 fully saturated rings. The molecule has 0 bridgehead atoms. The number of hydrogen-bond donors (Lipinski definition) is 1. The summed E-state index contributed by atoms with van der Waals surface area (Å²) in [6.45, 7) is -0.275. The summed E-state index contributed by atoms with van der Waals surface area (Å²) in [6.07, 6.45) is 3.00. The van der Waals surface area contributed by atoms with Crippen molar-refractivity contribution in [3.63, 3.8) is 0 Å². The van der Waals surface area contributed by atoms with Gasteiger partial charge >= 0.3 is 5.82 Å². The van der Waals surface area contributed by atoms with Gasteiger partial charge in [-0.2, -0.15) is 0 Å². The molecule has 4 rings (SSSR count). The number of fused-ring (bicyclic) bond motifs is 1. The Morgan fingerprint density at radius 1 is 1.21 bits per heavy atom. The van der Waals surface area contributed by atoms with Crippen LogP contribution in [-0.4, -0.2) is 34.3 Å². The van der Waals surface area contributed by atoms with E-state index in [1.807, 2.05) is 6.07 Å². The van der Waals surface area contributed by atoms with Gasteiger partial charge in [0.25, 0.3) is 11.7 Å². The summed E-state index contributed by atoms with van der Waals surface area (Å²) in [5.41, 5.74) is 0.628. The van der Waals surface area contributed by atoms with Crippen LogP contribution in [0.1, 0.15) is 37.4 Å². The molecule has 9 heteroatoms. The molecule has 0 radical (unpaired) electrons. The fraction of sp³-hybridized carbons (Fsp3) is 0.350.